The largest absolute Gasteiger partial charge is 0.381 e. The van der Waals surface area contributed by atoms with Crippen LogP contribution in [-0.4, -0.2) is 55.3 Å². The summed E-state index contributed by atoms with van der Waals surface area (Å²) in [6.07, 6.45) is 1.05. The Balaban J connectivity index is 1.85. The van der Waals surface area contributed by atoms with E-state index in [9.17, 15) is 0 Å². The second-order valence-electron chi connectivity index (χ2n) is 6.97. The molecule has 0 N–H and O–H groups in total. The van der Waals surface area contributed by atoms with Crippen LogP contribution in [0.3, 0.4) is 0 Å². The smallest absolute Gasteiger partial charge is 0.132 e. The topological polar surface area (TPSA) is 41.5 Å². The first-order chi connectivity index (χ1) is 12.1. The highest BCUT2D eigenvalue weighted by molar-refractivity contribution is 5.42. The highest BCUT2D eigenvalue weighted by Gasteiger charge is 2.21. The Labute approximate surface area is 150 Å². The molecule has 1 aromatic heterocycles. The zero-order valence-electron chi connectivity index (χ0n) is 15.5. The standard InChI is InChI=1S/C20H28N4O/c1-16-21-19(18-9-12-25-15-18)13-20(22-16)24(11-10-23(2)3)14-17-7-5-4-6-8-17/h4-8,13,18H,9-12,14-15H2,1-3H3. The van der Waals surface area contributed by atoms with Crippen LogP contribution in [-0.2, 0) is 11.3 Å². The molecule has 1 saturated heterocycles. The van der Waals surface area contributed by atoms with Crippen molar-refractivity contribution in [2.75, 3.05) is 45.3 Å². The van der Waals surface area contributed by atoms with Gasteiger partial charge < -0.3 is 14.5 Å². The van der Waals surface area contributed by atoms with Gasteiger partial charge in [-0.1, -0.05) is 30.3 Å². The molecule has 1 fully saturated rings. The number of aromatic nitrogens is 2. The van der Waals surface area contributed by atoms with Crippen LogP contribution in [0.4, 0.5) is 5.82 Å². The molecule has 3 rings (SSSR count). The van der Waals surface area contributed by atoms with Crippen LogP contribution in [0.2, 0.25) is 0 Å². The molecule has 0 radical (unpaired) electrons. The molecule has 1 atom stereocenters. The Morgan fingerprint density at radius 2 is 1.92 bits per heavy atom. The summed E-state index contributed by atoms with van der Waals surface area (Å²) in [5.41, 5.74) is 2.41. The minimum atomic E-state index is 0.396. The van der Waals surface area contributed by atoms with E-state index in [-0.39, 0.29) is 0 Å². The number of rotatable bonds is 7. The van der Waals surface area contributed by atoms with Crippen molar-refractivity contribution >= 4 is 5.82 Å². The van der Waals surface area contributed by atoms with E-state index >= 15 is 0 Å². The summed E-state index contributed by atoms with van der Waals surface area (Å²) in [5.74, 6) is 2.25. The normalized spacial score (nSPS) is 17.2. The maximum Gasteiger partial charge on any atom is 0.132 e. The van der Waals surface area contributed by atoms with Gasteiger partial charge >= 0.3 is 0 Å². The molecule has 1 aromatic carbocycles. The zero-order chi connectivity index (χ0) is 17.6. The summed E-state index contributed by atoms with van der Waals surface area (Å²) in [6.45, 7) is 6.35. The molecule has 0 aliphatic carbocycles. The molecule has 2 aromatic rings. The van der Waals surface area contributed by atoms with Crippen molar-refractivity contribution in [3.05, 3.63) is 53.5 Å². The summed E-state index contributed by atoms with van der Waals surface area (Å²) < 4.78 is 5.55. The van der Waals surface area contributed by atoms with E-state index in [1.54, 1.807) is 0 Å². The first kappa shape index (κ1) is 17.8. The van der Waals surface area contributed by atoms with Gasteiger partial charge in [-0.25, -0.2) is 9.97 Å². The Bertz CT molecular complexity index is 669. The summed E-state index contributed by atoms with van der Waals surface area (Å²) >= 11 is 0. The van der Waals surface area contributed by atoms with Gasteiger partial charge in [-0.15, -0.1) is 0 Å². The van der Waals surface area contributed by atoms with Gasteiger partial charge in [0.15, 0.2) is 0 Å². The minimum Gasteiger partial charge on any atom is -0.381 e. The second kappa shape index (κ2) is 8.41. The summed E-state index contributed by atoms with van der Waals surface area (Å²) in [5, 5.41) is 0. The van der Waals surface area contributed by atoms with Gasteiger partial charge in [0.1, 0.15) is 11.6 Å². The predicted molar refractivity (Wildman–Crippen MR) is 101 cm³/mol. The first-order valence-electron chi connectivity index (χ1n) is 8.99. The van der Waals surface area contributed by atoms with Gasteiger partial charge in [0.2, 0.25) is 0 Å². The molecule has 1 aliphatic heterocycles. The molecule has 1 unspecified atom stereocenters. The molecular formula is C20H28N4O. The maximum absolute atomic E-state index is 5.55. The van der Waals surface area contributed by atoms with E-state index in [0.717, 1.165) is 56.6 Å². The van der Waals surface area contributed by atoms with Crippen LogP contribution in [0.25, 0.3) is 0 Å². The maximum atomic E-state index is 5.55. The molecule has 5 nitrogen and oxygen atoms in total. The fourth-order valence-electron chi connectivity index (χ4n) is 3.11. The number of ether oxygens (including phenoxy) is 1. The van der Waals surface area contributed by atoms with E-state index in [1.165, 1.54) is 5.56 Å². The van der Waals surface area contributed by atoms with E-state index in [1.807, 2.05) is 6.92 Å². The molecule has 0 bridgehead atoms. The third-order valence-electron chi connectivity index (χ3n) is 4.55. The number of benzene rings is 1. The van der Waals surface area contributed by atoms with Crippen molar-refractivity contribution in [1.29, 1.82) is 0 Å². The number of hydrogen-bond acceptors (Lipinski definition) is 5. The molecule has 0 amide bonds. The molecule has 1 aliphatic rings. The fraction of sp³-hybridized carbons (Fsp3) is 0.500. The van der Waals surface area contributed by atoms with Crippen LogP contribution in [0.15, 0.2) is 36.4 Å². The van der Waals surface area contributed by atoms with Crippen molar-refractivity contribution in [1.82, 2.24) is 14.9 Å². The first-order valence-corrected chi connectivity index (χ1v) is 8.99. The highest BCUT2D eigenvalue weighted by atomic mass is 16.5. The van der Waals surface area contributed by atoms with E-state index < -0.39 is 0 Å². The Hall–Kier alpha value is -1.98. The van der Waals surface area contributed by atoms with Crippen LogP contribution >= 0.6 is 0 Å². The molecule has 0 saturated carbocycles. The monoisotopic (exact) mass is 340 g/mol. The van der Waals surface area contributed by atoms with Crippen molar-refractivity contribution in [3.63, 3.8) is 0 Å². The fourth-order valence-corrected chi connectivity index (χ4v) is 3.11. The number of nitrogens with zero attached hydrogens (tertiary/aromatic N) is 4. The van der Waals surface area contributed by atoms with E-state index in [2.05, 4.69) is 65.3 Å². The molecule has 5 heteroatoms. The van der Waals surface area contributed by atoms with E-state index in [0.29, 0.717) is 5.92 Å². The lowest BCUT2D eigenvalue weighted by molar-refractivity contribution is 0.193. The summed E-state index contributed by atoms with van der Waals surface area (Å²) in [7, 11) is 4.21. The predicted octanol–water partition coefficient (Wildman–Crippen LogP) is 2.86. The van der Waals surface area contributed by atoms with Crippen LogP contribution < -0.4 is 4.90 Å². The lowest BCUT2D eigenvalue weighted by Crippen LogP contribution is -2.32. The van der Waals surface area contributed by atoms with Gasteiger partial charge in [0, 0.05) is 38.2 Å². The molecule has 2 heterocycles. The molecule has 25 heavy (non-hydrogen) atoms. The van der Waals surface area contributed by atoms with E-state index in [4.69, 9.17) is 9.72 Å². The Kier molecular flexibility index (Phi) is 6.00. The van der Waals surface area contributed by atoms with Gasteiger partial charge in [-0.05, 0) is 33.0 Å². The van der Waals surface area contributed by atoms with Gasteiger partial charge in [0.05, 0.1) is 12.3 Å². The van der Waals surface area contributed by atoms with Gasteiger partial charge in [-0.3, -0.25) is 0 Å². The average Bonchev–Trinajstić information content (AvgIpc) is 3.13. The number of aryl methyl sites for hydroxylation is 1. The lowest BCUT2D eigenvalue weighted by atomic mass is 10.0. The summed E-state index contributed by atoms with van der Waals surface area (Å²) in [6, 6.07) is 12.7. The Morgan fingerprint density at radius 3 is 2.60 bits per heavy atom. The van der Waals surface area contributed by atoms with Crippen LogP contribution in [0.1, 0.15) is 29.4 Å². The lowest BCUT2D eigenvalue weighted by Gasteiger charge is -2.26. The molecular weight excluding hydrogens is 312 g/mol. The van der Waals surface area contributed by atoms with Gasteiger partial charge in [-0.2, -0.15) is 0 Å². The molecule has 134 valence electrons. The van der Waals surface area contributed by atoms with Crippen LogP contribution in [0.5, 0.6) is 0 Å². The summed E-state index contributed by atoms with van der Waals surface area (Å²) in [4.78, 5) is 14.0. The van der Waals surface area contributed by atoms with Crippen molar-refractivity contribution in [2.45, 2.75) is 25.8 Å². The highest BCUT2D eigenvalue weighted by Crippen LogP contribution is 2.26. The zero-order valence-corrected chi connectivity index (χ0v) is 15.5. The SMILES string of the molecule is Cc1nc(C2CCOC2)cc(N(CCN(C)C)Cc2ccccc2)n1. The minimum absolute atomic E-state index is 0.396. The van der Waals surface area contributed by atoms with Crippen molar-refractivity contribution in [2.24, 2.45) is 0 Å². The second-order valence-corrected chi connectivity index (χ2v) is 6.97. The van der Waals surface area contributed by atoms with Crippen LogP contribution in [0, 0.1) is 6.92 Å². The third-order valence-corrected chi connectivity index (χ3v) is 4.55. The van der Waals surface area contributed by atoms with Crippen molar-refractivity contribution in [3.8, 4) is 0 Å². The quantitative estimate of drug-likeness (QED) is 0.775. The number of anilines is 1. The average molecular weight is 340 g/mol. The third kappa shape index (κ3) is 5.00. The molecule has 0 spiro atoms. The number of likely N-dealkylation sites (N-methyl/N-ethyl adjacent to an activating group) is 1. The number of hydrogen-bond donors (Lipinski definition) is 0. The Morgan fingerprint density at radius 1 is 1.12 bits per heavy atom. The van der Waals surface area contributed by atoms with Gasteiger partial charge in [0.25, 0.3) is 0 Å². The van der Waals surface area contributed by atoms with Crippen molar-refractivity contribution < 1.29 is 4.74 Å².